The first-order valence-electron chi connectivity index (χ1n) is 10.5. The number of carbonyl (C=O) groups excluding carboxylic acids is 1. The van der Waals surface area contributed by atoms with Crippen LogP contribution in [0.1, 0.15) is 37.8 Å². The first-order chi connectivity index (χ1) is 14.8. The van der Waals surface area contributed by atoms with Crippen molar-refractivity contribution in [1.29, 1.82) is 0 Å². The fourth-order valence-electron chi connectivity index (χ4n) is 3.58. The van der Waals surface area contributed by atoms with Crippen LogP contribution in [-0.4, -0.2) is 28.1 Å². The standard InChI is InChI=1S/C26H27N3O2/c1-26(2,3)21-14-12-19(13-15-21)25-28-27-23(31-25)17-29(4)24(30)16-20-10-7-9-18-8-5-6-11-22(18)20/h5-15H,16-17H2,1-4H3. The molecule has 0 radical (unpaired) electrons. The first kappa shape index (κ1) is 20.8. The smallest absolute Gasteiger partial charge is 0.247 e. The molecule has 1 heterocycles. The minimum absolute atomic E-state index is 0.00522. The minimum atomic E-state index is 0.00522. The average Bonchev–Trinajstić information content (AvgIpc) is 3.22. The summed E-state index contributed by atoms with van der Waals surface area (Å²) in [7, 11) is 1.76. The van der Waals surface area contributed by atoms with Gasteiger partial charge in [-0.1, -0.05) is 75.4 Å². The second kappa shape index (κ2) is 8.34. The van der Waals surface area contributed by atoms with E-state index < -0.39 is 0 Å². The van der Waals surface area contributed by atoms with Gasteiger partial charge >= 0.3 is 0 Å². The van der Waals surface area contributed by atoms with E-state index in [1.807, 2.05) is 42.5 Å². The van der Waals surface area contributed by atoms with Crippen molar-refractivity contribution >= 4 is 16.7 Å². The van der Waals surface area contributed by atoms with Gasteiger partial charge in [0.2, 0.25) is 17.7 Å². The maximum Gasteiger partial charge on any atom is 0.247 e. The van der Waals surface area contributed by atoms with Gasteiger partial charge in [0.15, 0.2) is 0 Å². The molecule has 5 nitrogen and oxygen atoms in total. The van der Waals surface area contributed by atoms with Gasteiger partial charge in [-0.05, 0) is 39.4 Å². The van der Waals surface area contributed by atoms with Gasteiger partial charge in [0.05, 0.1) is 13.0 Å². The summed E-state index contributed by atoms with van der Waals surface area (Å²) < 4.78 is 5.82. The SMILES string of the molecule is CN(Cc1nnc(-c2ccc(C(C)(C)C)cc2)o1)C(=O)Cc1cccc2ccccc12. The van der Waals surface area contributed by atoms with Gasteiger partial charge in [-0.25, -0.2) is 0 Å². The number of fused-ring (bicyclic) bond motifs is 1. The molecule has 4 rings (SSSR count). The molecule has 0 spiro atoms. The summed E-state index contributed by atoms with van der Waals surface area (Å²) in [5.74, 6) is 0.889. The van der Waals surface area contributed by atoms with Crippen LogP contribution in [0.15, 0.2) is 71.1 Å². The summed E-state index contributed by atoms with van der Waals surface area (Å²) >= 11 is 0. The van der Waals surface area contributed by atoms with Gasteiger partial charge in [-0.15, -0.1) is 10.2 Å². The highest BCUT2D eigenvalue weighted by atomic mass is 16.4. The topological polar surface area (TPSA) is 59.2 Å². The van der Waals surface area contributed by atoms with Gasteiger partial charge in [0, 0.05) is 12.6 Å². The third-order valence-electron chi connectivity index (χ3n) is 5.48. The Kier molecular flexibility index (Phi) is 5.59. The summed E-state index contributed by atoms with van der Waals surface area (Å²) in [6.45, 7) is 6.81. The van der Waals surface area contributed by atoms with Crippen LogP contribution in [0.25, 0.3) is 22.2 Å². The van der Waals surface area contributed by atoms with E-state index in [0.717, 1.165) is 21.9 Å². The van der Waals surface area contributed by atoms with Crippen LogP contribution in [-0.2, 0) is 23.2 Å². The van der Waals surface area contributed by atoms with Crippen molar-refractivity contribution in [3.05, 3.63) is 83.7 Å². The van der Waals surface area contributed by atoms with E-state index >= 15 is 0 Å². The van der Waals surface area contributed by atoms with E-state index in [0.29, 0.717) is 18.2 Å². The predicted molar refractivity (Wildman–Crippen MR) is 123 cm³/mol. The van der Waals surface area contributed by atoms with E-state index in [1.54, 1.807) is 11.9 Å². The lowest BCUT2D eigenvalue weighted by Crippen LogP contribution is -2.27. The molecule has 0 N–H and O–H groups in total. The van der Waals surface area contributed by atoms with E-state index in [9.17, 15) is 4.79 Å². The lowest BCUT2D eigenvalue weighted by Gasteiger charge is -2.18. The largest absolute Gasteiger partial charge is 0.419 e. The van der Waals surface area contributed by atoms with Crippen molar-refractivity contribution in [2.45, 2.75) is 39.2 Å². The zero-order chi connectivity index (χ0) is 22.0. The average molecular weight is 414 g/mol. The molecule has 4 aromatic rings. The lowest BCUT2D eigenvalue weighted by molar-refractivity contribution is -0.129. The number of rotatable bonds is 5. The molecule has 5 heteroatoms. The summed E-state index contributed by atoms with van der Waals surface area (Å²) in [6, 6.07) is 22.3. The van der Waals surface area contributed by atoms with E-state index in [4.69, 9.17) is 4.42 Å². The zero-order valence-electron chi connectivity index (χ0n) is 18.4. The van der Waals surface area contributed by atoms with Crippen LogP contribution in [0.5, 0.6) is 0 Å². The van der Waals surface area contributed by atoms with Crippen molar-refractivity contribution in [3.8, 4) is 11.5 Å². The number of hydrogen-bond acceptors (Lipinski definition) is 4. The Morgan fingerprint density at radius 2 is 1.65 bits per heavy atom. The number of carbonyl (C=O) groups is 1. The Labute approximate surface area is 182 Å². The number of aromatic nitrogens is 2. The van der Waals surface area contributed by atoms with Crippen LogP contribution in [0, 0.1) is 0 Å². The molecule has 0 saturated carbocycles. The molecule has 3 aromatic carbocycles. The van der Waals surface area contributed by atoms with Crippen LogP contribution in [0.3, 0.4) is 0 Å². The third kappa shape index (κ3) is 4.66. The Morgan fingerprint density at radius 3 is 2.39 bits per heavy atom. The summed E-state index contributed by atoms with van der Waals surface area (Å²) in [5, 5.41) is 10.5. The number of nitrogens with zero attached hydrogens (tertiary/aromatic N) is 3. The highest BCUT2D eigenvalue weighted by Gasteiger charge is 2.17. The van der Waals surface area contributed by atoms with E-state index in [2.05, 4.69) is 55.2 Å². The van der Waals surface area contributed by atoms with Crippen LogP contribution in [0.4, 0.5) is 0 Å². The monoisotopic (exact) mass is 413 g/mol. The highest BCUT2D eigenvalue weighted by molar-refractivity contribution is 5.90. The summed E-state index contributed by atoms with van der Waals surface area (Å²) in [4.78, 5) is 14.4. The summed E-state index contributed by atoms with van der Waals surface area (Å²) in [5.41, 5.74) is 3.22. The fraction of sp³-hybridized carbons (Fsp3) is 0.269. The Morgan fingerprint density at radius 1 is 0.935 bits per heavy atom. The predicted octanol–water partition coefficient (Wildman–Crippen LogP) is 5.39. The normalized spacial score (nSPS) is 11.6. The molecule has 0 aliphatic carbocycles. The minimum Gasteiger partial charge on any atom is -0.419 e. The number of amides is 1. The first-order valence-corrected chi connectivity index (χ1v) is 10.5. The van der Waals surface area contributed by atoms with Gasteiger partial charge in [0.1, 0.15) is 0 Å². The Hall–Kier alpha value is -3.47. The van der Waals surface area contributed by atoms with Gasteiger partial charge < -0.3 is 9.32 Å². The van der Waals surface area contributed by atoms with Crippen molar-refractivity contribution in [2.75, 3.05) is 7.05 Å². The molecule has 0 atom stereocenters. The number of hydrogen-bond donors (Lipinski definition) is 0. The molecule has 0 saturated heterocycles. The Balaban J connectivity index is 1.44. The molecular formula is C26H27N3O2. The summed E-state index contributed by atoms with van der Waals surface area (Å²) in [6.07, 6.45) is 0.327. The number of benzene rings is 3. The van der Waals surface area contributed by atoms with Gasteiger partial charge in [-0.3, -0.25) is 4.79 Å². The Bertz CT molecular complexity index is 1200. The molecule has 31 heavy (non-hydrogen) atoms. The second-order valence-corrected chi connectivity index (χ2v) is 8.89. The molecule has 0 fully saturated rings. The van der Waals surface area contributed by atoms with Crippen LogP contribution in [0.2, 0.25) is 0 Å². The molecule has 1 aromatic heterocycles. The van der Waals surface area contributed by atoms with Gasteiger partial charge in [0.25, 0.3) is 0 Å². The van der Waals surface area contributed by atoms with Gasteiger partial charge in [-0.2, -0.15) is 0 Å². The lowest BCUT2D eigenvalue weighted by atomic mass is 9.87. The number of likely N-dealkylation sites (N-methyl/N-ethyl adjacent to an activating group) is 1. The molecule has 0 unspecified atom stereocenters. The van der Waals surface area contributed by atoms with Crippen LogP contribution < -0.4 is 0 Å². The quantitative estimate of drug-likeness (QED) is 0.440. The molecule has 0 aliphatic heterocycles. The van der Waals surface area contributed by atoms with Crippen molar-refractivity contribution in [3.63, 3.8) is 0 Å². The second-order valence-electron chi connectivity index (χ2n) is 8.89. The third-order valence-corrected chi connectivity index (χ3v) is 5.48. The molecule has 0 aliphatic rings. The fourth-order valence-corrected chi connectivity index (χ4v) is 3.58. The zero-order valence-corrected chi connectivity index (χ0v) is 18.4. The van der Waals surface area contributed by atoms with Crippen molar-refractivity contribution in [2.24, 2.45) is 0 Å². The highest BCUT2D eigenvalue weighted by Crippen LogP contribution is 2.26. The maximum atomic E-state index is 12.8. The molecule has 1 amide bonds. The molecular weight excluding hydrogens is 386 g/mol. The van der Waals surface area contributed by atoms with Crippen molar-refractivity contribution < 1.29 is 9.21 Å². The van der Waals surface area contributed by atoms with Crippen molar-refractivity contribution in [1.82, 2.24) is 15.1 Å². The maximum absolute atomic E-state index is 12.8. The van der Waals surface area contributed by atoms with Crippen LogP contribution >= 0.6 is 0 Å². The molecule has 0 bridgehead atoms. The molecule has 158 valence electrons. The van der Waals surface area contributed by atoms with E-state index in [1.165, 1.54) is 5.56 Å². The van der Waals surface area contributed by atoms with E-state index in [-0.39, 0.29) is 17.9 Å².